The number of ether oxygens (including phenoxy) is 2. The third kappa shape index (κ3) is 5.43. The van der Waals surface area contributed by atoms with Gasteiger partial charge in [0.1, 0.15) is 0 Å². The van der Waals surface area contributed by atoms with Crippen LogP contribution in [-0.2, 0) is 9.47 Å². The molecule has 0 aliphatic carbocycles. The number of anilines is 2. The molecule has 0 fully saturated rings. The molecule has 0 spiro atoms. The Morgan fingerprint density at radius 2 is 1.64 bits per heavy atom. The van der Waals surface area contributed by atoms with Gasteiger partial charge in [-0.1, -0.05) is 17.7 Å². The van der Waals surface area contributed by atoms with Gasteiger partial charge < -0.3 is 20.1 Å². The predicted octanol–water partition coefficient (Wildman–Crippen LogP) is 4.81. The summed E-state index contributed by atoms with van der Waals surface area (Å²) < 4.78 is 10.1. The summed E-state index contributed by atoms with van der Waals surface area (Å²) in [6, 6.07) is 9.91. The Balaban J connectivity index is 2.30. The van der Waals surface area contributed by atoms with Gasteiger partial charge in [0, 0.05) is 10.7 Å². The van der Waals surface area contributed by atoms with Crippen LogP contribution in [0.3, 0.4) is 0 Å². The lowest BCUT2D eigenvalue weighted by molar-refractivity contribution is 0.0512. The third-order valence-electron chi connectivity index (χ3n) is 3.79. The van der Waals surface area contributed by atoms with Gasteiger partial charge in [-0.15, -0.1) is 0 Å². The lowest BCUT2D eigenvalue weighted by Crippen LogP contribution is -2.22. The third-order valence-corrected chi connectivity index (χ3v) is 4.40. The minimum absolute atomic E-state index is 0.225. The highest BCUT2D eigenvalue weighted by atomic mass is 35.5. The summed E-state index contributed by atoms with van der Waals surface area (Å²) >= 11 is 11.5. The Labute approximate surface area is 174 Å². The second-order valence-electron chi connectivity index (χ2n) is 5.69. The van der Waals surface area contributed by atoms with Crippen molar-refractivity contribution in [3.05, 3.63) is 58.1 Å². The van der Waals surface area contributed by atoms with Crippen molar-refractivity contribution in [2.24, 2.45) is 0 Å². The number of hydrogen-bond donors (Lipinski definition) is 2. The first-order valence-corrected chi connectivity index (χ1v) is 9.47. The molecule has 2 aromatic rings. The van der Waals surface area contributed by atoms with Crippen LogP contribution >= 0.6 is 23.8 Å². The molecular formula is C20H21ClN2O4S. The molecule has 0 saturated carbocycles. The van der Waals surface area contributed by atoms with E-state index in [2.05, 4.69) is 10.6 Å². The zero-order valence-electron chi connectivity index (χ0n) is 15.8. The van der Waals surface area contributed by atoms with Crippen LogP contribution in [0.2, 0.25) is 5.02 Å². The van der Waals surface area contributed by atoms with E-state index in [9.17, 15) is 9.59 Å². The summed E-state index contributed by atoms with van der Waals surface area (Å²) in [6.45, 7) is 5.76. The second-order valence-corrected chi connectivity index (χ2v) is 6.51. The summed E-state index contributed by atoms with van der Waals surface area (Å²) in [6.07, 6.45) is 0. The van der Waals surface area contributed by atoms with Gasteiger partial charge in [-0.25, -0.2) is 9.59 Å². The van der Waals surface area contributed by atoms with E-state index < -0.39 is 11.9 Å². The Bertz CT molecular complexity index is 902. The zero-order chi connectivity index (χ0) is 20.7. The fraction of sp³-hybridized carbons (Fsp3) is 0.250. The topological polar surface area (TPSA) is 76.7 Å². The van der Waals surface area contributed by atoms with E-state index in [1.807, 2.05) is 13.0 Å². The highest BCUT2D eigenvalue weighted by Crippen LogP contribution is 2.24. The first-order valence-electron chi connectivity index (χ1n) is 8.68. The lowest BCUT2D eigenvalue weighted by atomic mass is 10.1. The standard InChI is InChI=1S/C20H21ClN2O4S/c1-4-26-18(24)13-9-10-14(19(25)27-5-2)17(11-13)23-20(28)22-16-8-6-7-15(21)12(16)3/h6-11H,4-5H2,1-3H3,(H2,22,23,28). The van der Waals surface area contributed by atoms with Crippen LogP contribution in [0.25, 0.3) is 0 Å². The summed E-state index contributed by atoms with van der Waals surface area (Å²) in [5.74, 6) is -1.02. The molecule has 0 atom stereocenters. The van der Waals surface area contributed by atoms with Gasteiger partial charge in [-0.05, 0) is 68.9 Å². The smallest absolute Gasteiger partial charge is 0.340 e. The Morgan fingerprint density at radius 3 is 2.32 bits per heavy atom. The molecule has 0 aromatic heterocycles. The average Bonchev–Trinajstić information content (AvgIpc) is 2.65. The maximum Gasteiger partial charge on any atom is 0.340 e. The van der Waals surface area contributed by atoms with Crippen molar-refractivity contribution in [2.45, 2.75) is 20.8 Å². The lowest BCUT2D eigenvalue weighted by Gasteiger charge is -2.16. The fourth-order valence-electron chi connectivity index (χ4n) is 2.39. The van der Waals surface area contributed by atoms with Crippen molar-refractivity contribution in [2.75, 3.05) is 23.8 Å². The number of benzene rings is 2. The van der Waals surface area contributed by atoms with Crippen molar-refractivity contribution in [3.8, 4) is 0 Å². The van der Waals surface area contributed by atoms with Gasteiger partial charge in [0.2, 0.25) is 0 Å². The van der Waals surface area contributed by atoms with Crippen molar-refractivity contribution >= 4 is 52.2 Å². The van der Waals surface area contributed by atoms with Gasteiger partial charge in [0.05, 0.1) is 30.0 Å². The quantitative estimate of drug-likeness (QED) is 0.512. The van der Waals surface area contributed by atoms with E-state index in [4.69, 9.17) is 33.3 Å². The maximum atomic E-state index is 12.3. The summed E-state index contributed by atoms with van der Waals surface area (Å²) in [5, 5.41) is 6.82. The molecule has 0 bridgehead atoms. The van der Waals surface area contributed by atoms with Gasteiger partial charge in [-0.3, -0.25) is 0 Å². The molecule has 8 heteroatoms. The minimum Gasteiger partial charge on any atom is -0.462 e. The van der Waals surface area contributed by atoms with Gasteiger partial charge in [0.15, 0.2) is 5.11 Å². The van der Waals surface area contributed by atoms with E-state index >= 15 is 0 Å². The van der Waals surface area contributed by atoms with Crippen LogP contribution in [0.5, 0.6) is 0 Å². The molecule has 0 radical (unpaired) electrons. The van der Waals surface area contributed by atoms with E-state index in [0.717, 1.165) is 11.3 Å². The maximum absolute atomic E-state index is 12.3. The van der Waals surface area contributed by atoms with Crippen LogP contribution < -0.4 is 10.6 Å². The number of halogens is 1. The largest absolute Gasteiger partial charge is 0.462 e. The molecule has 6 nitrogen and oxygen atoms in total. The molecule has 0 aliphatic rings. The Morgan fingerprint density at radius 1 is 1.00 bits per heavy atom. The molecule has 28 heavy (non-hydrogen) atoms. The number of esters is 2. The highest BCUT2D eigenvalue weighted by Gasteiger charge is 2.17. The van der Waals surface area contributed by atoms with Crippen molar-refractivity contribution in [1.29, 1.82) is 0 Å². The molecule has 2 N–H and O–H groups in total. The number of hydrogen-bond acceptors (Lipinski definition) is 5. The molecule has 0 saturated heterocycles. The van der Waals surface area contributed by atoms with Gasteiger partial charge in [-0.2, -0.15) is 0 Å². The number of rotatable bonds is 6. The number of carbonyl (C=O) groups is 2. The highest BCUT2D eigenvalue weighted by molar-refractivity contribution is 7.80. The normalized spacial score (nSPS) is 10.1. The van der Waals surface area contributed by atoms with Crippen LogP contribution in [0, 0.1) is 6.92 Å². The molecule has 2 rings (SSSR count). The number of thiocarbonyl (C=S) groups is 1. The molecule has 0 heterocycles. The monoisotopic (exact) mass is 420 g/mol. The van der Waals surface area contributed by atoms with Crippen LogP contribution in [0.1, 0.15) is 40.1 Å². The number of nitrogens with one attached hydrogen (secondary N) is 2. The van der Waals surface area contributed by atoms with E-state index in [-0.39, 0.29) is 23.9 Å². The molecule has 148 valence electrons. The summed E-state index contributed by atoms with van der Waals surface area (Å²) in [7, 11) is 0. The Hall–Kier alpha value is -2.64. The number of carbonyl (C=O) groups excluding carboxylic acids is 2. The van der Waals surface area contributed by atoms with Crippen molar-refractivity contribution < 1.29 is 19.1 Å². The zero-order valence-corrected chi connectivity index (χ0v) is 17.4. The molecule has 2 aromatic carbocycles. The van der Waals surface area contributed by atoms with Crippen molar-refractivity contribution in [3.63, 3.8) is 0 Å². The fourth-order valence-corrected chi connectivity index (χ4v) is 2.79. The predicted molar refractivity (Wildman–Crippen MR) is 114 cm³/mol. The van der Waals surface area contributed by atoms with E-state index in [1.165, 1.54) is 18.2 Å². The molecule has 0 amide bonds. The average molecular weight is 421 g/mol. The molecule has 0 unspecified atom stereocenters. The SMILES string of the molecule is CCOC(=O)c1ccc(C(=O)OCC)c(NC(=S)Nc2cccc(Cl)c2C)c1. The minimum atomic E-state index is -0.526. The van der Waals surface area contributed by atoms with Crippen LogP contribution in [-0.4, -0.2) is 30.3 Å². The first kappa shape index (κ1) is 21.7. The Kier molecular flexibility index (Phi) is 7.78. The van der Waals surface area contributed by atoms with Crippen LogP contribution in [0.4, 0.5) is 11.4 Å². The van der Waals surface area contributed by atoms with Crippen LogP contribution in [0.15, 0.2) is 36.4 Å². The first-order chi connectivity index (χ1) is 13.4. The van der Waals surface area contributed by atoms with Gasteiger partial charge >= 0.3 is 11.9 Å². The summed E-state index contributed by atoms with van der Waals surface area (Å²) in [4.78, 5) is 24.3. The van der Waals surface area contributed by atoms with Crippen molar-refractivity contribution in [1.82, 2.24) is 0 Å². The molecular weight excluding hydrogens is 400 g/mol. The second kappa shape index (κ2) is 10.1. The summed E-state index contributed by atoms with van der Waals surface area (Å²) in [5.41, 5.74) is 2.44. The van der Waals surface area contributed by atoms with E-state index in [1.54, 1.807) is 26.0 Å². The molecule has 0 aliphatic heterocycles. The van der Waals surface area contributed by atoms with E-state index in [0.29, 0.717) is 16.3 Å². The van der Waals surface area contributed by atoms with Gasteiger partial charge in [0.25, 0.3) is 0 Å².